The van der Waals surface area contributed by atoms with Gasteiger partial charge >= 0.3 is 6.03 Å². The van der Waals surface area contributed by atoms with Gasteiger partial charge in [-0.25, -0.2) is 19.7 Å². The van der Waals surface area contributed by atoms with Crippen LogP contribution in [-0.2, 0) is 0 Å². The van der Waals surface area contributed by atoms with Crippen molar-refractivity contribution in [3.63, 3.8) is 0 Å². The number of amides is 2. The van der Waals surface area contributed by atoms with Crippen LogP contribution in [0.15, 0.2) is 58.3 Å². The molecule has 3 aromatic heterocycles. The van der Waals surface area contributed by atoms with Gasteiger partial charge in [0.15, 0.2) is 0 Å². The molecule has 0 aliphatic rings. The van der Waals surface area contributed by atoms with E-state index in [0.717, 1.165) is 27.3 Å². The summed E-state index contributed by atoms with van der Waals surface area (Å²) in [6, 6.07) is 11.4. The molecule has 4 aromatic rings. The molecule has 3 heterocycles. The molecule has 0 aliphatic heterocycles. The van der Waals surface area contributed by atoms with Crippen LogP contribution in [0.2, 0.25) is 0 Å². The first-order valence-corrected chi connectivity index (χ1v) is 8.97. The van der Waals surface area contributed by atoms with Gasteiger partial charge < -0.3 is 10.7 Å². The first-order chi connectivity index (χ1) is 12.2. The van der Waals surface area contributed by atoms with Gasteiger partial charge in [0.05, 0.1) is 10.9 Å². The maximum atomic E-state index is 11.1. The summed E-state index contributed by atoms with van der Waals surface area (Å²) >= 11 is 2.67. The zero-order valence-corrected chi connectivity index (χ0v) is 14.4. The third-order valence-electron chi connectivity index (χ3n) is 3.44. The summed E-state index contributed by atoms with van der Waals surface area (Å²) < 4.78 is 0. The largest absolute Gasteiger partial charge is 0.351 e. The van der Waals surface area contributed by atoms with E-state index in [1.807, 2.05) is 36.4 Å². The number of rotatable bonds is 4. The molecule has 0 aliphatic carbocycles. The number of nitrogens with two attached hydrogens (primary N) is 1. The molecule has 0 fully saturated rings. The molecule has 25 heavy (non-hydrogen) atoms. The van der Waals surface area contributed by atoms with Crippen molar-refractivity contribution < 1.29 is 4.79 Å². The number of carbonyl (C=O) groups excluding carboxylic acids is 1. The summed E-state index contributed by atoms with van der Waals surface area (Å²) in [7, 11) is 0. The molecule has 0 saturated heterocycles. The number of H-pyrrole nitrogens is 1. The first kappa shape index (κ1) is 15.6. The van der Waals surface area contributed by atoms with Crippen molar-refractivity contribution in [1.29, 1.82) is 0 Å². The van der Waals surface area contributed by atoms with E-state index in [4.69, 9.17) is 5.73 Å². The lowest BCUT2D eigenvalue weighted by molar-refractivity contribution is 0.259. The Morgan fingerprint density at radius 3 is 2.80 bits per heavy atom. The van der Waals surface area contributed by atoms with Crippen molar-refractivity contribution in [3.05, 3.63) is 48.2 Å². The van der Waals surface area contributed by atoms with Gasteiger partial charge in [-0.15, -0.1) is 11.3 Å². The minimum atomic E-state index is -0.619. The smallest absolute Gasteiger partial charge is 0.317 e. The number of aromatic amines is 1. The monoisotopic (exact) mass is 368 g/mol. The van der Waals surface area contributed by atoms with E-state index in [1.165, 1.54) is 29.4 Å². The zero-order valence-electron chi connectivity index (χ0n) is 12.8. The molecule has 4 N–H and O–H groups in total. The van der Waals surface area contributed by atoms with E-state index in [-0.39, 0.29) is 0 Å². The van der Waals surface area contributed by atoms with Gasteiger partial charge in [-0.2, -0.15) is 0 Å². The number of urea groups is 1. The molecule has 9 heteroatoms. The van der Waals surface area contributed by atoms with E-state index in [1.54, 1.807) is 5.51 Å². The van der Waals surface area contributed by atoms with Gasteiger partial charge in [0.25, 0.3) is 0 Å². The molecule has 7 nitrogen and oxygen atoms in total. The number of carbonyl (C=O) groups is 1. The SMILES string of the molecule is NC(=O)Nc1scnc1Sc1ncnc2[nH]c(-c3ccccc3)cc12. The quantitative estimate of drug-likeness (QED) is 0.476. The minimum Gasteiger partial charge on any atom is -0.351 e. The van der Waals surface area contributed by atoms with Crippen LogP contribution < -0.4 is 11.1 Å². The highest BCUT2D eigenvalue weighted by molar-refractivity contribution is 7.99. The number of anilines is 1. The van der Waals surface area contributed by atoms with E-state index >= 15 is 0 Å². The zero-order chi connectivity index (χ0) is 17.2. The summed E-state index contributed by atoms with van der Waals surface area (Å²) in [5, 5.41) is 5.46. The third kappa shape index (κ3) is 3.19. The van der Waals surface area contributed by atoms with E-state index < -0.39 is 6.03 Å². The van der Waals surface area contributed by atoms with Crippen LogP contribution in [-0.4, -0.2) is 26.0 Å². The van der Waals surface area contributed by atoms with Crippen molar-refractivity contribution in [1.82, 2.24) is 19.9 Å². The molecular formula is C16H12N6OS2. The first-order valence-electron chi connectivity index (χ1n) is 7.27. The standard InChI is InChI=1S/C16H12N6OS2/c17-16(23)22-15-14(20-8-24-15)25-13-10-6-11(9-4-2-1-3-5-9)21-12(10)18-7-19-13/h1-8H,(H3,17,22,23)(H,18,19,21). The third-order valence-corrected chi connectivity index (χ3v) is 5.33. The number of benzene rings is 1. The van der Waals surface area contributed by atoms with Crippen molar-refractivity contribution in [2.24, 2.45) is 5.73 Å². The van der Waals surface area contributed by atoms with Crippen LogP contribution in [0.3, 0.4) is 0 Å². The van der Waals surface area contributed by atoms with Crippen LogP contribution in [0.1, 0.15) is 0 Å². The predicted octanol–water partition coefficient (Wildman–Crippen LogP) is 3.72. The lowest BCUT2D eigenvalue weighted by Crippen LogP contribution is -2.18. The topological polar surface area (TPSA) is 110 Å². The fourth-order valence-corrected chi connectivity index (χ4v) is 4.08. The van der Waals surface area contributed by atoms with Crippen LogP contribution >= 0.6 is 23.1 Å². The number of thiazole rings is 1. The number of nitrogens with one attached hydrogen (secondary N) is 2. The Hall–Kier alpha value is -2.91. The van der Waals surface area contributed by atoms with Crippen LogP contribution in [0, 0.1) is 0 Å². The number of primary amides is 1. The number of hydrogen-bond acceptors (Lipinski definition) is 6. The summed E-state index contributed by atoms with van der Waals surface area (Å²) in [6.07, 6.45) is 1.50. The number of aromatic nitrogens is 4. The predicted molar refractivity (Wildman–Crippen MR) is 98.8 cm³/mol. The van der Waals surface area contributed by atoms with Gasteiger partial charge in [-0.05, 0) is 23.4 Å². The molecule has 124 valence electrons. The highest BCUT2D eigenvalue weighted by Gasteiger charge is 2.15. The summed E-state index contributed by atoms with van der Waals surface area (Å²) in [4.78, 5) is 27.3. The average molecular weight is 368 g/mol. The van der Waals surface area contributed by atoms with Gasteiger partial charge in [-0.3, -0.25) is 5.32 Å². The Kier molecular flexibility index (Phi) is 4.08. The molecule has 0 spiro atoms. The Bertz CT molecular complexity index is 1040. The fraction of sp³-hybridized carbons (Fsp3) is 0. The number of fused-ring (bicyclic) bond motifs is 1. The van der Waals surface area contributed by atoms with Crippen LogP contribution in [0.25, 0.3) is 22.3 Å². The highest BCUT2D eigenvalue weighted by Crippen LogP contribution is 2.37. The molecule has 0 atom stereocenters. The lowest BCUT2D eigenvalue weighted by atomic mass is 10.1. The summed E-state index contributed by atoms with van der Waals surface area (Å²) in [5.74, 6) is 0. The Balaban J connectivity index is 1.72. The second-order valence-electron chi connectivity index (χ2n) is 5.07. The maximum absolute atomic E-state index is 11.1. The van der Waals surface area contributed by atoms with Crippen LogP contribution in [0.5, 0.6) is 0 Å². The molecule has 0 bridgehead atoms. The molecule has 4 rings (SSSR count). The summed E-state index contributed by atoms with van der Waals surface area (Å²) in [6.45, 7) is 0. The van der Waals surface area contributed by atoms with Gasteiger partial charge in [0.2, 0.25) is 0 Å². The highest BCUT2D eigenvalue weighted by atomic mass is 32.2. The second-order valence-corrected chi connectivity index (χ2v) is 6.90. The molecule has 0 unspecified atom stereocenters. The van der Waals surface area contributed by atoms with Gasteiger partial charge in [0, 0.05) is 5.69 Å². The second kappa shape index (κ2) is 6.54. The number of hydrogen-bond donors (Lipinski definition) is 3. The van der Waals surface area contributed by atoms with Crippen molar-refractivity contribution >= 4 is 45.2 Å². The maximum Gasteiger partial charge on any atom is 0.317 e. The van der Waals surface area contributed by atoms with E-state index in [0.29, 0.717) is 10.0 Å². The Morgan fingerprint density at radius 1 is 1.16 bits per heavy atom. The number of nitrogens with zero attached hydrogens (tertiary/aromatic N) is 3. The van der Waals surface area contributed by atoms with E-state index in [9.17, 15) is 4.79 Å². The molecule has 0 radical (unpaired) electrons. The molecular weight excluding hydrogens is 356 g/mol. The minimum absolute atomic E-state index is 0.600. The normalized spacial score (nSPS) is 10.9. The van der Waals surface area contributed by atoms with E-state index in [2.05, 4.69) is 25.3 Å². The van der Waals surface area contributed by atoms with Crippen molar-refractivity contribution in [2.45, 2.75) is 10.1 Å². The summed E-state index contributed by atoms with van der Waals surface area (Å²) in [5.41, 5.74) is 9.63. The fourth-order valence-electron chi connectivity index (χ4n) is 2.37. The average Bonchev–Trinajstić information content (AvgIpc) is 3.23. The van der Waals surface area contributed by atoms with Gasteiger partial charge in [-0.1, -0.05) is 30.3 Å². The lowest BCUT2D eigenvalue weighted by Gasteiger charge is -2.02. The Labute approximate surface area is 150 Å². The van der Waals surface area contributed by atoms with Crippen LogP contribution in [0.4, 0.5) is 9.80 Å². The Morgan fingerprint density at radius 2 is 2.00 bits per heavy atom. The van der Waals surface area contributed by atoms with Crippen molar-refractivity contribution in [3.8, 4) is 11.3 Å². The molecule has 0 saturated carbocycles. The molecule has 1 aromatic carbocycles. The molecule has 2 amide bonds. The van der Waals surface area contributed by atoms with Gasteiger partial charge in [0.1, 0.15) is 27.0 Å². The van der Waals surface area contributed by atoms with Crippen molar-refractivity contribution in [2.75, 3.05) is 5.32 Å².